The number of hydrogen-bond acceptors (Lipinski definition) is 3. The standard InChI is InChI=1S/C18H14N2O2/c1-20-14(11-19)16(12-7-4-3-5-8-12)17-13(18(20)21)9-6-10-15(17)22-2/h3-10H,1-2H3. The maximum Gasteiger partial charge on any atom is 0.259 e. The molecule has 4 nitrogen and oxygen atoms in total. The van der Waals surface area contributed by atoms with Gasteiger partial charge in [-0.05, 0) is 17.7 Å². The quantitative estimate of drug-likeness (QED) is 0.728. The van der Waals surface area contributed by atoms with Crippen molar-refractivity contribution in [1.29, 1.82) is 5.26 Å². The highest BCUT2D eigenvalue weighted by Crippen LogP contribution is 2.35. The summed E-state index contributed by atoms with van der Waals surface area (Å²) in [6, 6.07) is 17.1. The molecule has 0 aliphatic rings. The van der Waals surface area contributed by atoms with Crippen molar-refractivity contribution >= 4 is 10.8 Å². The van der Waals surface area contributed by atoms with E-state index in [0.717, 1.165) is 11.1 Å². The van der Waals surface area contributed by atoms with Gasteiger partial charge in [0.05, 0.1) is 12.5 Å². The van der Waals surface area contributed by atoms with E-state index in [1.165, 1.54) is 4.57 Å². The zero-order valence-corrected chi connectivity index (χ0v) is 12.3. The normalized spacial score (nSPS) is 10.4. The first-order valence-corrected chi connectivity index (χ1v) is 6.84. The lowest BCUT2D eigenvalue weighted by Crippen LogP contribution is -2.20. The summed E-state index contributed by atoms with van der Waals surface area (Å²) in [5, 5.41) is 10.8. The SMILES string of the molecule is COc1cccc2c(=O)n(C)c(C#N)c(-c3ccccc3)c12. The van der Waals surface area contributed by atoms with Gasteiger partial charge in [0.15, 0.2) is 0 Å². The lowest BCUT2D eigenvalue weighted by atomic mass is 9.96. The zero-order chi connectivity index (χ0) is 15.7. The van der Waals surface area contributed by atoms with Crippen LogP contribution in [-0.4, -0.2) is 11.7 Å². The Morgan fingerprint density at radius 2 is 1.82 bits per heavy atom. The van der Waals surface area contributed by atoms with Crippen molar-refractivity contribution in [2.75, 3.05) is 7.11 Å². The van der Waals surface area contributed by atoms with E-state index in [4.69, 9.17) is 4.74 Å². The maximum absolute atomic E-state index is 12.5. The average Bonchev–Trinajstić information content (AvgIpc) is 2.58. The summed E-state index contributed by atoms with van der Waals surface area (Å²) >= 11 is 0. The average molecular weight is 290 g/mol. The van der Waals surface area contributed by atoms with Crippen molar-refractivity contribution in [3.8, 4) is 22.9 Å². The van der Waals surface area contributed by atoms with Crippen molar-refractivity contribution in [3.05, 3.63) is 64.6 Å². The number of methoxy groups -OCH3 is 1. The summed E-state index contributed by atoms with van der Waals surface area (Å²) in [7, 11) is 3.18. The smallest absolute Gasteiger partial charge is 0.259 e. The van der Waals surface area contributed by atoms with E-state index < -0.39 is 0 Å². The molecule has 0 aliphatic carbocycles. The van der Waals surface area contributed by atoms with E-state index in [1.807, 2.05) is 30.3 Å². The molecular formula is C18H14N2O2. The number of aromatic nitrogens is 1. The van der Waals surface area contributed by atoms with Crippen LogP contribution in [0.15, 0.2) is 53.3 Å². The molecule has 0 spiro atoms. The molecule has 0 unspecified atom stereocenters. The van der Waals surface area contributed by atoms with Crippen LogP contribution in [0, 0.1) is 11.3 Å². The van der Waals surface area contributed by atoms with Crippen molar-refractivity contribution in [2.24, 2.45) is 7.05 Å². The summed E-state index contributed by atoms with van der Waals surface area (Å²) < 4.78 is 6.82. The third kappa shape index (κ3) is 1.95. The molecule has 3 aromatic rings. The molecule has 0 aliphatic heterocycles. The van der Waals surface area contributed by atoms with Gasteiger partial charge >= 0.3 is 0 Å². The Morgan fingerprint density at radius 1 is 1.09 bits per heavy atom. The minimum atomic E-state index is -0.204. The van der Waals surface area contributed by atoms with E-state index in [9.17, 15) is 10.1 Å². The third-order valence-electron chi connectivity index (χ3n) is 3.77. The Morgan fingerprint density at radius 3 is 2.45 bits per heavy atom. The van der Waals surface area contributed by atoms with Gasteiger partial charge in [0.25, 0.3) is 5.56 Å². The highest BCUT2D eigenvalue weighted by atomic mass is 16.5. The van der Waals surface area contributed by atoms with Crippen LogP contribution in [0.5, 0.6) is 5.75 Å². The Labute approximate surface area is 127 Å². The molecule has 0 atom stereocenters. The number of fused-ring (bicyclic) bond motifs is 1. The molecule has 4 heteroatoms. The van der Waals surface area contributed by atoms with Gasteiger partial charge in [-0.15, -0.1) is 0 Å². The Bertz CT molecular complexity index is 951. The van der Waals surface area contributed by atoms with Crippen LogP contribution in [0.1, 0.15) is 5.69 Å². The predicted octanol–water partition coefficient (Wildman–Crippen LogP) is 3.09. The van der Waals surface area contributed by atoms with Crippen LogP contribution in [0.4, 0.5) is 0 Å². The van der Waals surface area contributed by atoms with Gasteiger partial charge in [-0.25, -0.2) is 0 Å². The van der Waals surface area contributed by atoms with Gasteiger partial charge in [-0.1, -0.05) is 36.4 Å². The highest BCUT2D eigenvalue weighted by molar-refractivity contribution is 6.02. The minimum absolute atomic E-state index is 0.204. The maximum atomic E-state index is 12.5. The summed E-state index contributed by atoms with van der Waals surface area (Å²) in [6.45, 7) is 0. The fourth-order valence-corrected chi connectivity index (χ4v) is 2.72. The second-order valence-electron chi connectivity index (χ2n) is 4.95. The van der Waals surface area contributed by atoms with Gasteiger partial charge < -0.3 is 9.30 Å². The van der Waals surface area contributed by atoms with E-state index in [2.05, 4.69) is 6.07 Å². The Kier molecular flexibility index (Phi) is 3.40. The fourth-order valence-electron chi connectivity index (χ4n) is 2.72. The number of rotatable bonds is 2. The van der Waals surface area contributed by atoms with Crippen LogP contribution in [0.3, 0.4) is 0 Å². The van der Waals surface area contributed by atoms with Gasteiger partial charge in [-0.3, -0.25) is 4.79 Å². The van der Waals surface area contributed by atoms with Gasteiger partial charge in [-0.2, -0.15) is 5.26 Å². The molecule has 0 radical (unpaired) electrons. The van der Waals surface area contributed by atoms with Gasteiger partial charge in [0.2, 0.25) is 0 Å². The first-order chi connectivity index (χ1) is 10.7. The molecule has 108 valence electrons. The highest BCUT2D eigenvalue weighted by Gasteiger charge is 2.18. The van der Waals surface area contributed by atoms with E-state index in [-0.39, 0.29) is 5.56 Å². The molecule has 0 amide bonds. The third-order valence-corrected chi connectivity index (χ3v) is 3.77. The van der Waals surface area contributed by atoms with Crippen molar-refractivity contribution < 1.29 is 4.74 Å². The molecular weight excluding hydrogens is 276 g/mol. The number of hydrogen-bond donors (Lipinski definition) is 0. The number of ether oxygens (including phenoxy) is 1. The van der Waals surface area contributed by atoms with Crippen molar-refractivity contribution in [3.63, 3.8) is 0 Å². The number of benzene rings is 2. The fraction of sp³-hybridized carbons (Fsp3) is 0.111. The topological polar surface area (TPSA) is 55.0 Å². The molecule has 0 N–H and O–H groups in total. The van der Waals surface area contributed by atoms with Crippen LogP contribution in [0.2, 0.25) is 0 Å². The second-order valence-corrected chi connectivity index (χ2v) is 4.95. The minimum Gasteiger partial charge on any atom is -0.496 e. The van der Waals surface area contributed by atoms with Crippen LogP contribution in [-0.2, 0) is 7.05 Å². The molecule has 3 rings (SSSR count). The largest absolute Gasteiger partial charge is 0.496 e. The van der Waals surface area contributed by atoms with Gasteiger partial charge in [0.1, 0.15) is 17.5 Å². The zero-order valence-electron chi connectivity index (χ0n) is 12.3. The summed E-state index contributed by atoms with van der Waals surface area (Å²) in [4.78, 5) is 12.5. The summed E-state index contributed by atoms with van der Waals surface area (Å²) in [6.07, 6.45) is 0. The number of pyridine rings is 1. The second kappa shape index (κ2) is 5.38. The summed E-state index contributed by atoms with van der Waals surface area (Å²) in [5.41, 5.74) is 1.72. The lowest BCUT2D eigenvalue weighted by molar-refractivity contribution is 0.420. The molecule has 2 aromatic carbocycles. The van der Waals surface area contributed by atoms with Crippen molar-refractivity contribution in [1.82, 2.24) is 4.57 Å². The monoisotopic (exact) mass is 290 g/mol. The molecule has 1 aromatic heterocycles. The van der Waals surface area contributed by atoms with Crippen molar-refractivity contribution in [2.45, 2.75) is 0 Å². The van der Waals surface area contributed by atoms with Crippen LogP contribution >= 0.6 is 0 Å². The molecule has 0 saturated heterocycles. The molecule has 22 heavy (non-hydrogen) atoms. The van der Waals surface area contributed by atoms with E-state index in [0.29, 0.717) is 22.2 Å². The lowest BCUT2D eigenvalue weighted by Gasteiger charge is -2.15. The molecule has 1 heterocycles. The Balaban J connectivity index is 2.62. The van der Waals surface area contributed by atoms with Gasteiger partial charge in [0, 0.05) is 18.0 Å². The van der Waals surface area contributed by atoms with E-state index >= 15 is 0 Å². The first kappa shape index (κ1) is 13.9. The number of nitriles is 1. The molecule has 0 fully saturated rings. The summed E-state index contributed by atoms with van der Waals surface area (Å²) in [5.74, 6) is 0.588. The Hall–Kier alpha value is -3.06. The predicted molar refractivity (Wildman–Crippen MR) is 85.9 cm³/mol. The van der Waals surface area contributed by atoms with Crippen LogP contribution in [0.25, 0.3) is 21.9 Å². The molecule has 0 bridgehead atoms. The number of nitrogens with zero attached hydrogens (tertiary/aromatic N) is 2. The molecule has 0 saturated carbocycles. The first-order valence-electron chi connectivity index (χ1n) is 6.84. The van der Waals surface area contributed by atoms with Crippen LogP contribution < -0.4 is 10.3 Å². The van der Waals surface area contributed by atoms with E-state index in [1.54, 1.807) is 32.4 Å².